The molecule has 0 saturated carbocycles. The third-order valence-corrected chi connectivity index (χ3v) is 6.32. The fourth-order valence-corrected chi connectivity index (χ4v) is 4.88. The highest BCUT2D eigenvalue weighted by Crippen LogP contribution is 2.26. The standard InChI is InChI=1S/C20H16N4O3S2/c21-9-13-3-5-14(6-4-13)22-19(26)16-11-28-12-24(16)18(25)8-15-10-29-20(23-15)17-2-1-7-27-17/h1-7,10,16H,8,11-12H2,(H,22,26). The van der Waals surface area contributed by atoms with Gasteiger partial charge in [-0.3, -0.25) is 9.59 Å². The van der Waals surface area contributed by atoms with Gasteiger partial charge in [-0.05, 0) is 36.4 Å². The third kappa shape index (κ3) is 4.34. The van der Waals surface area contributed by atoms with Gasteiger partial charge in [-0.2, -0.15) is 5.26 Å². The van der Waals surface area contributed by atoms with E-state index in [2.05, 4.69) is 10.3 Å². The largest absolute Gasteiger partial charge is 0.462 e. The van der Waals surface area contributed by atoms with E-state index in [9.17, 15) is 9.59 Å². The molecule has 1 saturated heterocycles. The molecule has 4 rings (SSSR count). The summed E-state index contributed by atoms with van der Waals surface area (Å²) in [6.45, 7) is 0. The summed E-state index contributed by atoms with van der Waals surface area (Å²) in [5.41, 5.74) is 1.78. The van der Waals surface area contributed by atoms with E-state index in [1.54, 1.807) is 53.3 Å². The first-order valence-electron chi connectivity index (χ1n) is 8.80. The summed E-state index contributed by atoms with van der Waals surface area (Å²) in [6, 6.07) is 11.8. The van der Waals surface area contributed by atoms with Crippen molar-refractivity contribution in [1.29, 1.82) is 5.26 Å². The first-order chi connectivity index (χ1) is 14.1. The van der Waals surface area contributed by atoms with Gasteiger partial charge in [0.2, 0.25) is 11.8 Å². The van der Waals surface area contributed by atoms with Crippen molar-refractivity contribution < 1.29 is 14.0 Å². The zero-order valence-electron chi connectivity index (χ0n) is 15.2. The number of hydrogen-bond acceptors (Lipinski definition) is 7. The van der Waals surface area contributed by atoms with E-state index < -0.39 is 6.04 Å². The Morgan fingerprint density at radius 3 is 2.86 bits per heavy atom. The zero-order chi connectivity index (χ0) is 20.2. The van der Waals surface area contributed by atoms with E-state index in [1.807, 2.05) is 17.5 Å². The van der Waals surface area contributed by atoms with Gasteiger partial charge in [0, 0.05) is 16.8 Å². The number of aromatic nitrogens is 1. The second kappa shape index (κ2) is 8.51. The molecule has 146 valence electrons. The van der Waals surface area contributed by atoms with Crippen LogP contribution in [0.4, 0.5) is 5.69 Å². The topological polar surface area (TPSA) is 99.2 Å². The molecule has 3 aromatic rings. The van der Waals surface area contributed by atoms with Gasteiger partial charge in [-0.25, -0.2) is 4.98 Å². The molecule has 1 aliphatic rings. The minimum Gasteiger partial charge on any atom is -0.462 e. The predicted molar refractivity (Wildman–Crippen MR) is 111 cm³/mol. The van der Waals surface area contributed by atoms with Crippen LogP contribution in [-0.2, 0) is 16.0 Å². The number of amides is 2. The molecule has 1 aromatic carbocycles. The normalized spacial score (nSPS) is 15.8. The second-order valence-corrected chi connectivity index (χ2v) is 8.21. The van der Waals surface area contributed by atoms with Crippen molar-refractivity contribution in [2.75, 3.05) is 16.9 Å². The molecular weight excluding hydrogens is 408 g/mol. The van der Waals surface area contributed by atoms with E-state index in [1.165, 1.54) is 11.3 Å². The molecule has 1 unspecified atom stereocenters. The first-order valence-corrected chi connectivity index (χ1v) is 10.8. The molecule has 9 heteroatoms. The summed E-state index contributed by atoms with van der Waals surface area (Å²) in [5.74, 6) is 1.32. The Morgan fingerprint density at radius 1 is 1.31 bits per heavy atom. The quantitative estimate of drug-likeness (QED) is 0.674. The van der Waals surface area contributed by atoms with Crippen molar-refractivity contribution in [3.05, 3.63) is 59.3 Å². The van der Waals surface area contributed by atoms with Gasteiger partial charge < -0.3 is 14.6 Å². The van der Waals surface area contributed by atoms with E-state index >= 15 is 0 Å². The number of nitrogens with one attached hydrogen (secondary N) is 1. The van der Waals surface area contributed by atoms with E-state index in [0.717, 1.165) is 5.01 Å². The van der Waals surface area contributed by atoms with E-state index in [0.29, 0.717) is 34.3 Å². The summed E-state index contributed by atoms with van der Waals surface area (Å²) in [5, 5.41) is 14.2. The molecule has 1 N–H and O–H groups in total. The molecule has 2 amide bonds. The number of thiazole rings is 1. The highest BCUT2D eigenvalue weighted by atomic mass is 32.2. The van der Waals surface area contributed by atoms with Crippen LogP contribution in [0.15, 0.2) is 52.5 Å². The van der Waals surface area contributed by atoms with Crippen LogP contribution >= 0.6 is 23.1 Å². The Hall–Kier alpha value is -3.09. The average molecular weight is 425 g/mol. The maximum atomic E-state index is 12.8. The molecule has 0 bridgehead atoms. The second-order valence-electron chi connectivity index (χ2n) is 6.36. The molecule has 1 aliphatic heterocycles. The van der Waals surface area contributed by atoms with Crippen LogP contribution < -0.4 is 5.32 Å². The monoisotopic (exact) mass is 424 g/mol. The van der Waals surface area contributed by atoms with Crippen molar-refractivity contribution >= 4 is 40.6 Å². The van der Waals surface area contributed by atoms with Crippen LogP contribution in [0, 0.1) is 11.3 Å². The number of benzene rings is 1. The molecular formula is C20H16N4O3S2. The number of nitriles is 1. The molecule has 0 spiro atoms. The zero-order valence-corrected chi connectivity index (χ0v) is 16.8. The van der Waals surface area contributed by atoms with Crippen molar-refractivity contribution in [2.45, 2.75) is 12.5 Å². The van der Waals surface area contributed by atoms with Crippen LogP contribution in [0.1, 0.15) is 11.3 Å². The van der Waals surface area contributed by atoms with E-state index in [-0.39, 0.29) is 18.2 Å². The SMILES string of the molecule is N#Cc1ccc(NC(=O)C2CSCN2C(=O)Cc2csc(-c3ccco3)n2)cc1. The Kier molecular flexibility index (Phi) is 5.64. The maximum absolute atomic E-state index is 12.8. The number of thioether (sulfide) groups is 1. The fraction of sp³-hybridized carbons (Fsp3) is 0.200. The van der Waals surface area contributed by atoms with Gasteiger partial charge in [0.05, 0.1) is 35.9 Å². The van der Waals surface area contributed by atoms with Gasteiger partial charge in [-0.1, -0.05) is 0 Å². The Bertz CT molecular complexity index is 1050. The fourth-order valence-electron chi connectivity index (χ4n) is 2.92. The van der Waals surface area contributed by atoms with Gasteiger partial charge in [0.25, 0.3) is 0 Å². The number of furan rings is 1. The minimum absolute atomic E-state index is 0.133. The van der Waals surface area contributed by atoms with Crippen LogP contribution in [0.25, 0.3) is 10.8 Å². The van der Waals surface area contributed by atoms with Crippen molar-refractivity contribution in [3.8, 4) is 16.8 Å². The maximum Gasteiger partial charge on any atom is 0.248 e. The van der Waals surface area contributed by atoms with Crippen molar-refractivity contribution in [3.63, 3.8) is 0 Å². The molecule has 7 nitrogen and oxygen atoms in total. The Balaban J connectivity index is 1.40. The third-order valence-electron chi connectivity index (χ3n) is 4.40. The summed E-state index contributed by atoms with van der Waals surface area (Å²) in [7, 11) is 0. The summed E-state index contributed by atoms with van der Waals surface area (Å²) in [6.07, 6.45) is 1.72. The predicted octanol–water partition coefficient (Wildman–Crippen LogP) is 3.36. The lowest BCUT2D eigenvalue weighted by atomic mass is 10.2. The number of rotatable bonds is 5. The number of hydrogen-bond donors (Lipinski definition) is 1. The van der Waals surface area contributed by atoms with Crippen LogP contribution in [0.2, 0.25) is 0 Å². The van der Waals surface area contributed by atoms with Crippen LogP contribution in [0.5, 0.6) is 0 Å². The lowest BCUT2D eigenvalue weighted by molar-refractivity contribution is -0.135. The number of nitrogens with zero attached hydrogens (tertiary/aromatic N) is 3. The Labute approximate surface area is 175 Å². The van der Waals surface area contributed by atoms with Crippen molar-refractivity contribution in [2.24, 2.45) is 0 Å². The van der Waals surface area contributed by atoms with Crippen molar-refractivity contribution in [1.82, 2.24) is 9.88 Å². The van der Waals surface area contributed by atoms with Crippen LogP contribution in [-0.4, -0.2) is 39.4 Å². The average Bonchev–Trinajstić information content (AvgIpc) is 3.48. The lowest BCUT2D eigenvalue weighted by Gasteiger charge is -2.22. The minimum atomic E-state index is -0.536. The summed E-state index contributed by atoms with van der Waals surface area (Å²) >= 11 is 2.97. The van der Waals surface area contributed by atoms with Crippen LogP contribution in [0.3, 0.4) is 0 Å². The van der Waals surface area contributed by atoms with Gasteiger partial charge >= 0.3 is 0 Å². The first kappa shape index (κ1) is 19.2. The molecule has 0 aliphatic carbocycles. The smallest absolute Gasteiger partial charge is 0.248 e. The highest BCUT2D eigenvalue weighted by Gasteiger charge is 2.34. The molecule has 2 aromatic heterocycles. The molecule has 1 fully saturated rings. The Morgan fingerprint density at radius 2 is 2.14 bits per heavy atom. The molecule has 29 heavy (non-hydrogen) atoms. The number of carbonyl (C=O) groups is 2. The summed E-state index contributed by atoms with van der Waals surface area (Å²) < 4.78 is 5.34. The van der Waals surface area contributed by atoms with Gasteiger partial charge in [0.15, 0.2) is 10.8 Å². The molecule has 3 heterocycles. The molecule has 1 atom stereocenters. The number of carbonyl (C=O) groups excluding carboxylic acids is 2. The lowest BCUT2D eigenvalue weighted by Crippen LogP contribution is -2.45. The van der Waals surface area contributed by atoms with E-state index in [4.69, 9.17) is 9.68 Å². The highest BCUT2D eigenvalue weighted by molar-refractivity contribution is 7.99. The summed E-state index contributed by atoms with van der Waals surface area (Å²) in [4.78, 5) is 31.5. The number of anilines is 1. The van der Waals surface area contributed by atoms with Gasteiger partial charge in [-0.15, -0.1) is 23.1 Å². The molecule has 0 radical (unpaired) electrons. The van der Waals surface area contributed by atoms with Gasteiger partial charge in [0.1, 0.15) is 6.04 Å².